The van der Waals surface area contributed by atoms with Gasteiger partial charge in [0.15, 0.2) is 0 Å². The second-order valence-electron chi connectivity index (χ2n) is 3.75. The third-order valence-corrected chi connectivity index (χ3v) is 4.24. The van der Waals surface area contributed by atoms with Gasteiger partial charge >= 0.3 is 0 Å². The molecule has 0 amide bonds. The minimum Gasteiger partial charge on any atom is -0.275 e. The molecular formula is C11H13ClOS. The lowest BCUT2D eigenvalue weighted by atomic mass is 10.00. The number of fused-ring (bicyclic) bond motifs is 1. The Hall–Kier alpha value is -0.340. The molecule has 14 heavy (non-hydrogen) atoms. The summed E-state index contributed by atoms with van der Waals surface area (Å²) in [7, 11) is 0. The van der Waals surface area contributed by atoms with Crippen molar-refractivity contribution >= 4 is 28.2 Å². The van der Waals surface area contributed by atoms with E-state index >= 15 is 0 Å². The van der Waals surface area contributed by atoms with Crippen molar-refractivity contribution in [1.82, 2.24) is 0 Å². The summed E-state index contributed by atoms with van der Waals surface area (Å²) in [5.41, 5.74) is 1.36. The molecule has 0 N–H and O–H groups in total. The fraction of sp³-hybridized carbons (Fsp3) is 0.545. The summed E-state index contributed by atoms with van der Waals surface area (Å²) in [6.45, 7) is 0. The number of hydrogen-bond donors (Lipinski definition) is 0. The minimum atomic E-state index is -0.304. The molecule has 2 rings (SSSR count). The topological polar surface area (TPSA) is 17.1 Å². The Morgan fingerprint density at radius 1 is 1.21 bits per heavy atom. The third-order valence-electron chi connectivity index (χ3n) is 2.69. The summed E-state index contributed by atoms with van der Waals surface area (Å²) in [5, 5.41) is -0.304. The van der Waals surface area contributed by atoms with Gasteiger partial charge in [0.25, 0.3) is 5.24 Å². The van der Waals surface area contributed by atoms with E-state index in [1.807, 2.05) is 6.07 Å². The molecule has 1 aromatic heterocycles. The predicted octanol–water partition coefficient (Wildman–Crippen LogP) is 3.79. The summed E-state index contributed by atoms with van der Waals surface area (Å²) in [6.07, 6.45) is 7.39. The van der Waals surface area contributed by atoms with Crippen LogP contribution in [0.15, 0.2) is 6.07 Å². The van der Waals surface area contributed by atoms with E-state index in [1.54, 1.807) is 11.3 Å². The maximum absolute atomic E-state index is 11.0. The Bertz CT molecular complexity index is 318. The summed E-state index contributed by atoms with van der Waals surface area (Å²) in [6, 6.07) is 1.99. The van der Waals surface area contributed by atoms with Crippen molar-refractivity contribution < 1.29 is 4.79 Å². The summed E-state index contributed by atoms with van der Waals surface area (Å²) in [4.78, 5) is 13.1. The summed E-state index contributed by atoms with van der Waals surface area (Å²) >= 11 is 7.06. The van der Waals surface area contributed by atoms with Gasteiger partial charge in [0.1, 0.15) is 0 Å². The van der Waals surface area contributed by atoms with Crippen LogP contribution in [0, 0.1) is 0 Å². The van der Waals surface area contributed by atoms with Crippen LogP contribution in [0.2, 0.25) is 0 Å². The van der Waals surface area contributed by atoms with E-state index in [0.29, 0.717) is 0 Å². The van der Waals surface area contributed by atoms with Crippen molar-refractivity contribution in [2.75, 3.05) is 0 Å². The molecule has 0 atom stereocenters. The zero-order chi connectivity index (χ0) is 9.97. The van der Waals surface area contributed by atoms with Gasteiger partial charge in [-0.15, -0.1) is 11.3 Å². The average Bonchev–Trinajstić information content (AvgIpc) is 2.48. The number of thiophene rings is 1. The van der Waals surface area contributed by atoms with E-state index in [1.165, 1.54) is 36.1 Å². The highest BCUT2D eigenvalue weighted by atomic mass is 35.5. The van der Waals surface area contributed by atoms with E-state index in [-0.39, 0.29) is 5.24 Å². The van der Waals surface area contributed by atoms with Gasteiger partial charge in [-0.3, -0.25) is 4.79 Å². The normalized spacial score (nSPS) is 16.9. The second kappa shape index (κ2) is 4.45. The molecule has 1 nitrogen and oxygen atoms in total. The largest absolute Gasteiger partial charge is 0.275 e. The maximum atomic E-state index is 11.0. The van der Waals surface area contributed by atoms with Crippen LogP contribution in [0.5, 0.6) is 0 Å². The van der Waals surface area contributed by atoms with E-state index < -0.39 is 0 Å². The molecule has 76 valence electrons. The van der Waals surface area contributed by atoms with Crippen LogP contribution < -0.4 is 0 Å². The predicted molar refractivity (Wildman–Crippen MR) is 60.4 cm³/mol. The first kappa shape index (κ1) is 10.2. The molecule has 0 aromatic carbocycles. The van der Waals surface area contributed by atoms with Crippen LogP contribution in [0.25, 0.3) is 0 Å². The van der Waals surface area contributed by atoms with Crippen molar-refractivity contribution in [3.8, 4) is 0 Å². The fourth-order valence-corrected chi connectivity index (χ4v) is 3.20. The Labute approximate surface area is 93.1 Å². The SMILES string of the molecule is O=C(Cl)c1cc2c(s1)CCCCCC2. The first-order valence-electron chi connectivity index (χ1n) is 5.09. The lowest BCUT2D eigenvalue weighted by molar-refractivity contribution is 0.108. The first-order chi connectivity index (χ1) is 6.77. The molecule has 1 heterocycles. The van der Waals surface area contributed by atoms with Crippen LogP contribution in [0.3, 0.4) is 0 Å². The number of rotatable bonds is 1. The van der Waals surface area contributed by atoms with Crippen LogP contribution in [0.4, 0.5) is 0 Å². The number of carbonyl (C=O) groups is 1. The van der Waals surface area contributed by atoms with Crippen LogP contribution in [0.1, 0.15) is 45.8 Å². The Morgan fingerprint density at radius 2 is 1.93 bits per heavy atom. The van der Waals surface area contributed by atoms with Crippen LogP contribution >= 0.6 is 22.9 Å². The molecule has 1 aliphatic carbocycles. The van der Waals surface area contributed by atoms with Crippen LogP contribution in [-0.2, 0) is 12.8 Å². The fourth-order valence-electron chi connectivity index (χ4n) is 1.94. The van der Waals surface area contributed by atoms with Crippen molar-refractivity contribution in [2.45, 2.75) is 38.5 Å². The first-order valence-corrected chi connectivity index (χ1v) is 6.28. The van der Waals surface area contributed by atoms with Gasteiger partial charge in [-0.25, -0.2) is 0 Å². The molecule has 0 unspecified atom stereocenters. The molecular weight excluding hydrogens is 216 g/mol. The Kier molecular flexibility index (Phi) is 3.24. The third kappa shape index (κ3) is 2.18. The quantitative estimate of drug-likeness (QED) is 0.669. The van der Waals surface area contributed by atoms with Gasteiger partial charge in [0.05, 0.1) is 4.88 Å². The van der Waals surface area contributed by atoms with Crippen LogP contribution in [-0.4, -0.2) is 5.24 Å². The molecule has 0 aliphatic heterocycles. The number of hydrogen-bond acceptors (Lipinski definition) is 2. The van der Waals surface area contributed by atoms with E-state index in [9.17, 15) is 4.79 Å². The Morgan fingerprint density at radius 3 is 2.64 bits per heavy atom. The van der Waals surface area contributed by atoms with E-state index in [0.717, 1.165) is 17.7 Å². The average molecular weight is 229 g/mol. The molecule has 0 fully saturated rings. The van der Waals surface area contributed by atoms with Gasteiger partial charge in [0, 0.05) is 4.88 Å². The molecule has 0 saturated carbocycles. The zero-order valence-electron chi connectivity index (χ0n) is 8.01. The van der Waals surface area contributed by atoms with Crippen molar-refractivity contribution in [1.29, 1.82) is 0 Å². The highest BCUT2D eigenvalue weighted by Gasteiger charge is 2.14. The van der Waals surface area contributed by atoms with Crippen molar-refractivity contribution in [3.05, 3.63) is 21.4 Å². The number of aryl methyl sites for hydroxylation is 2. The Balaban J connectivity index is 2.27. The minimum absolute atomic E-state index is 0.304. The van der Waals surface area contributed by atoms with Gasteiger partial charge in [-0.1, -0.05) is 12.8 Å². The molecule has 3 heteroatoms. The maximum Gasteiger partial charge on any atom is 0.262 e. The molecule has 0 bridgehead atoms. The second-order valence-corrected chi connectivity index (χ2v) is 5.23. The zero-order valence-corrected chi connectivity index (χ0v) is 9.59. The van der Waals surface area contributed by atoms with E-state index in [4.69, 9.17) is 11.6 Å². The summed E-state index contributed by atoms with van der Waals surface area (Å²) in [5.74, 6) is 0. The van der Waals surface area contributed by atoms with Crippen molar-refractivity contribution in [2.24, 2.45) is 0 Å². The molecule has 1 aliphatic rings. The standard InChI is InChI=1S/C11H13ClOS/c12-11(13)10-7-8-5-3-1-2-4-6-9(8)14-10/h7H,1-6H2. The molecule has 0 saturated heterocycles. The highest BCUT2D eigenvalue weighted by molar-refractivity contribution is 7.15. The molecule has 1 aromatic rings. The number of carbonyl (C=O) groups excluding carboxylic acids is 1. The lowest BCUT2D eigenvalue weighted by Gasteiger charge is -2.07. The van der Waals surface area contributed by atoms with Crippen molar-refractivity contribution in [3.63, 3.8) is 0 Å². The molecule has 0 radical (unpaired) electrons. The smallest absolute Gasteiger partial charge is 0.262 e. The van der Waals surface area contributed by atoms with Gasteiger partial charge < -0.3 is 0 Å². The van der Waals surface area contributed by atoms with Gasteiger partial charge in [0.2, 0.25) is 0 Å². The molecule has 0 spiro atoms. The van der Waals surface area contributed by atoms with Gasteiger partial charge in [-0.05, 0) is 48.9 Å². The van der Waals surface area contributed by atoms with Gasteiger partial charge in [-0.2, -0.15) is 0 Å². The van der Waals surface area contributed by atoms with E-state index in [2.05, 4.69) is 0 Å². The highest BCUT2D eigenvalue weighted by Crippen LogP contribution is 2.29. The summed E-state index contributed by atoms with van der Waals surface area (Å²) < 4.78 is 0. The monoisotopic (exact) mass is 228 g/mol. The number of halogens is 1. The lowest BCUT2D eigenvalue weighted by Crippen LogP contribution is -1.94.